The molecule has 0 saturated carbocycles. The van der Waals surface area contributed by atoms with Gasteiger partial charge in [-0.2, -0.15) is 26.3 Å². The Balaban J connectivity index is 2.54. The van der Waals surface area contributed by atoms with Gasteiger partial charge in [-0.25, -0.2) is 0 Å². The summed E-state index contributed by atoms with van der Waals surface area (Å²) in [5.41, 5.74) is -4.80. The van der Waals surface area contributed by atoms with E-state index in [1.807, 2.05) is 0 Å². The fourth-order valence-electron chi connectivity index (χ4n) is 3.16. The molecule has 0 aliphatic heterocycles. The monoisotopic (exact) mass is 464 g/mol. The van der Waals surface area contributed by atoms with Crippen LogP contribution in [0.4, 0.5) is 26.3 Å². The number of rotatable bonds is 10. The number of hydrogen-bond acceptors (Lipinski definition) is 4. The number of methoxy groups -OCH3 is 1. The van der Waals surface area contributed by atoms with Crippen molar-refractivity contribution in [3.63, 3.8) is 0 Å². The molecule has 32 heavy (non-hydrogen) atoms. The van der Waals surface area contributed by atoms with Crippen molar-refractivity contribution in [3.05, 3.63) is 59.2 Å². The van der Waals surface area contributed by atoms with Crippen LogP contribution in [0.2, 0.25) is 0 Å². The second kappa shape index (κ2) is 10.4. The molecule has 0 aliphatic rings. The van der Waals surface area contributed by atoms with E-state index in [2.05, 4.69) is 9.47 Å². The Morgan fingerprint density at radius 1 is 0.938 bits per heavy atom. The molecule has 2 rings (SSSR count). The summed E-state index contributed by atoms with van der Waals surface area (Å²) in [6.07, 6.45) is -10.1. The highest BCUT2D eigenvalue weighted by atomic mass is 19.4. The molecule has 0 unspecified atom stereocenters. The van der Waals surface area contributed by atoms with Crippen LogP contribution in [0.25, 0.3) is 0 Å². The topological polar surface area (TPSA) is 44.8 Å². The SMILES string of the molecule is CCCc1cc(C(OCOC)(C(F)(F)F)C(F)(F)F)ccc1Oc1ccc(CC=O)cc1. The Kier molecular flexibility index (Phi) is 8.30. The van der Waals surface area contributed by atoms with Crippen molar-refractivity contribution in [1.82, 2.24) is 0 Å². The Bertz CT molecular complexity index is 877. The minimum Gasteiger partial charge on any atom is -0.457 e. The lowest BCUT2D eigenvalue weighted by Crippen LogP contribution is -2.56. The molecule has 0 N–H and O–H groups in total. The van der Waals surface area contributed by atoms with Crippen molar-refractivity contribution in [3.8, 4) is 11.5 Å². The van der Waals surface area contributed by atoms with Crippen molar-refractivity contribution in [2.75, 3.05) is 13.9 Å². The zero-order chi connectivity index (χ0) is 24.0. The van der Waals surface area contributed by atoms with Crippen LogP contribution >= 0.6 is 0 Å². The smallest absolute Gasteiger partial charge is 0.430 e. The Morgan fingerprint density at radius 2 is 1.56 bits per heavy atom. The van der Waals surface area contributed by atoms with Gasteiger partial charge in [-0.05, 0) is 41.8 Å². The van der Waals surface area contributed by atoms with Crippen molar-refractivity contribution < 1.29 is 45.3 Å². The van der Waals surface area contributed by atoms with Crippen molar-refractivity contribution in [1.29, 1.82) is 0 Å². The van der Waals surface area contributed by atoms with Crippen LogP contribution in [-0.4, -0.2) is 32.5 Å². The number of alkyl halides is 6. The fraction of sp³-hybridized carbons (Fsp3) is 0.409. The average molecular weight is 464 g/mol. The van der Waals surface area contributed by atoms with E-state index < -0.39 is 30.3 Å². The minimum absolute atomic E-state index is 0.115. The van der Waals surface area contributed by atoms with Crippen LogP contribution in [0.3, 0.4) is 0 Å². The van der Waals surface area contributed by atoms with E-state index >= 15 is 0 Å². The quantitative estimate of drug-likeness (QED) is 0.242. The maximum atomic E-state index is 13.8. The fourth-order valence-corrected chi connectivity index (χ4v) is 3.16. The summed E-state index contributed by atoms with van der Waals surface area (Å²) in [6.45, 7) is 0.514. The van der Waals surface area contributed by atoms with Gasteiger partial charge in [0, 0.05) is 19.1 Å². The third-order valence-corrected chi connectivity index (χ3v) is 4.65. The van der Waals surface area contributed by atoms with Crippen molar-refractivity contribution >= 4 is 6.29 Å². The van der Waals surface area contributed by atoms with E-state index in [1.54, 1.807) is 31.2 Å². The molecule has 0 aromatic heterocycles. The van der Waals surface area contributed by atoms with Crippen LogP contribution in [0.1, 0.15) is 30.0 Å². The first kappa shape index (κ1) is 25.7. The molecule has 2 aromatic rings. The Morgan fingerprint density at radius 3 is 2.06 bits per heavy atom. The van der Waals surface area contributed by atoms with Crippen LogP contribution in [0, 0.1) is 0 Å². The third-order valence-electron chi connectivity index (χ3n) is 4.65. The molecular formula is C22H22F6O4. The van der Waals surface area contributed by atoms with Gasteiger partial charge in [-0.3, -0.25) is 0 Å². The molecule has 2 aromatic carbocycles. The van der Waals surface area contributed by atoms with Crippen molar-refractivity contribution in [2.45, 2.75) is 44.1 Å². The van der Waals surface area contributed by atoms with Crippen LogP contribution in [-0.2, 0) is 32.7 Å². The highest BCUT2D eigenvalue weighted by molar-refractivity contribution is 5.55. The zero-order valence-electron chi connectivity index (χ0n) is 17.3. The first-order chi connectivity index (χ1) is 15.0. The lowest BCUT2D eigenvalue weighted by molar-refractivity contribution is -0.400. The first-order valence-corrected chi connectivity index (χ1v) is 9.60. The summed E-state index contributed by atoms with van der Waals surface area (Å²) >= 11 is 0. The van der Waals surface area contributed by atoms with Gasteiger partial charge in [-0.15, -0.1) is 0 Å². The van der Waals surface area contributed by atoms with Gasteiger partial charge in [0.1, 0.15) is 24.6 Å². The maximum absolute atomic E-state index is 13.8. The van der Waals surface area contributed by atoms with Crippen LogP contribution in [0.15, 0.2) is 42.5 Å². The Hall–Kier alpha value is -2.59. The highest BCUT2D eigenvalue weighted by Gasteiger charge is 2.73. The van der Waals surface area contributed by atoms with Gasteiger partial charge in [-0.1, -0.05) is 31.5 Å². The normalized spacial score (nSPS) is 12.6. The molecule has 4 nitrogen and oxygen atoms in total. The summed E-state index contributed by atoms with van der Waals surface area (Å²) in [6, 6.07) is 8.92. The van der Waals surface area contributed by atoms with Crippen molar-refractivity contribution in [2.24, 2.45) is 0 Å². The first-order valence-electron chi connectivity index (χ1n) is 9.60. The predicted octanol–water partition coefficient (Wildman–Crippen LogP) is 6.11. The predicted molar refractivity (Wildman–Crippen MR) is 103 cm³/mol. The van der Waals surface area contributed by atoms with Gasteiger partial charge in [0.15, 0.2) is 0 Å². The van der Waals surface area contributed by atoms with Gasteiger partial charge in [0.05, 0.1) is 0 Å². The lowest BCUT2D eigenvalue weighted by atomic mass is 9.89. The largest absolute Gasteiger partial charge is 0.457 e. The van der Waals surface area contributed by atoms with E-state index in [0.29, 0.717) is 18.2 Å². The summed E-state index contributed by atoms with van der Waals surface area (Å²) in [7, 11) is 0.928. The molecule has 0 aliphatic carbocycles. The number of aryl methyl sites for hydroxylation is 1. The second-order valence-corrected chi connectivity index (χ2v) is 6.92. The number of hydrogen-bond donors (Lipinski definition) is 0. The molecule has 0 radical (unpaired) electrons. The summed E-state index contributed by atoms with van der Waals surface area (Å²) in [5, 5.41) is 0. The van der Waals surface area contributed by atoms with Gasteiger partial charge in [0.2, 0.25) is 0 Å². The third kappa shape index (κ3) is 5.42. The van der Waals surface area contributed by atoms with E-state index in [4.69, 9.17) is 4.74 Å². The molecule has 176 valence electrons. The standard InChI is InChI=1S/C22H22F6O4/c1-3-4-16-13-17(20(21(23,24)25,22(26,27)28)31-14-30-2)7-10-19(16)32-18-8-5-15(6-9-18)11-12-29/h5-10,12-13H,3-4,11,14H2,1-2H3. The molecule has 10 heteroatoms. The molecule has 0 spiro atoms. The molecule has 0 amide bonds. The number of benzene rings is 2. The number of aldehydes is 1. The lowest BCUT2D eigenvalue weighted by Gasteiger charge is -2.37. The molecule has 0 atom stereocenters. The van der Waals surface area contributed by atoms with Gasteiger partial charge < -0.3 is 19.0 Å². The molecule has 0 fully saturated rings. The van der Waals surface area contributed by atoms with E-state index in [0.717, 1.165) is 31.1 Å². The molecule has 0 heterocycles. The van der Waals surface area contributed by atoms with E-state index in [-0.39, 0.29) is 24.2 Å². The number of ether oxygens (including phenoxy) is 3. The summed E-state index contributed by atoms with van der Waals surface area (Å²) in [5.74, 6) is 0.432. The number of carbonyl (C=O) groups is 1. The summed E-state index contributed by atoms with van der Waals surface area (Å²) < 4.78 is 97.1. The average Bonchev–Trinajstić information content (AvgIpc) is 2.70. The van der Waals surface area contributed by atoms with E-state index in [9.17, 15) is 31.1 Å². The van der Waals surface area contributed by atoms with Gasteiger partial charge >= 0.3 is 12.4 Å². The highest BCUT2D eigenvalue weighted by Crippen LogP contribution is 2.53. The van der Waals surface area contributed by atoms with Crippen LogP contribution < -0.4 is 4.74 Å². The molecule has 0 bridgehead atoms. The van der Waals surface area contributed by atoms with Crippen LogP contribution in [0.5, 0.6) is 11.5 Å². The number of halogens is 6. The molecular weight excluding hydrogens is 442 g/mol. The second-order valence-electron chi connectivity index (χ2n) is 6.92. The maximum Gasteiger partial charge on any atom is 0.430 e. The molecule has 0 saturated heterocycles. The summed E-state index contributed by atoms with van der Waals surface area (Å²) in [4.78, 5) is 10.6. The zero-order valence-corrected chi connectivity index (χ0v) is 17.3. The number of carbonyl (C=O) groups excluding carboxylic acids is 1. The minimum atomic E-state index is -5.80. The van der Waals surface area contributed by atoms with Gasteiger partial charge in [0.25, 0.3) is 5.60 Å². The Labute approximate surface area is 181 Å². The van der Waals surface area contributed by atoms with E-state index in [1.165, 1.54) is 0 Å².